The van der Waals surface area contributed by atoms with E-state index >= 15 is 0 Å². The van der Waals surface area contributed by atoms with Crippen LogP contribution in [0, 0.1) is 5.92 Å². The molecule has 23 heavy (non-hydrogen) atoms. The lowest BCUT2D eigenvalue weighted by Gasteiger charge is -2.21. The zero-order valence-electron chi connectivity index (χ0n) is 14.4. The molecule has 2 atom stereocenters. The zero-order valence-corrected chi connectivity index (χ0v) is 15.4. The van der Waals surface area contributed by atoms with Gasteiger partial charge in [0.2, 0.25) is 0 Å². The van der Waals surface area contributed by atoms with Crippen LogP contribution in [-0.4, -0.2) is 19.3 Å². The van der Waals surface area contributed by atoms with E-state index in [-0.39, 0.29) is 12.0 Å². The van der Waals surface area contributed by atoms with E-state index in [1.807, 2.05) is 6.07 Å². The predicted octanol–water partition coefficient (Wildman–Crippen LogP) is 4.33. The highest BCUT2D eigenvalue weighted by Gasteiger charge is 2.20. The van der Waals surface area contributed by atoms with E-state index < -0.39 is 8.07 Å². The Morgan fingerprint density at radius 3 is 2.13 bits per heavy atom. The molecule has 0 radical (unpaired) electrons. The fraction of sp³-hybridized carbons (Fsp3) is 0.333. The van der Waals surface area contributed by atoms with Crippen molar-refractivity contribution in [3.63, 3.8) is 0 Å². The number of hydrogen-bond donors (Lipinski definition) is 1. The van der Waals surface area contributed by atoms with Gasteiger partial charge in [-0.2, -0.15) is 0 Å². The first kappa shape index (κ1) is 17.7. The Kier molecular flexibility index (Phi) is 6.37. The van der Waals surface area contributed by atoms with Crippen molar-refractivity contribution in [2.75, 3.05) is 0 Å². The maximum atomic E-state index is 10.4. The van der Waals surface area contributed by atoms with Gasteiger partial charge in [0.05, 0.1) is 6.10 Å². The first-order valence-electron chi connectivity index (χ1n) is 8.46. The summed E-state index contributed by atoms with van der Waals surface area (Å²) in [5.74, 6) is 0.189. The van der Waals surface area contributed by atoms with E-state index in [2.05, 4.69) is 86.4 Å². The van der Waals surface area contributed by atoms with Crippen molar-refractivity contribution in [2.24, 2.45) is 5.92 Å². The molecule has 0 saturated carbocycles. The Morgan fingerprint density at radius 2 is 1.52 bits per heavy atom. The normalized spacial score (nSPS) is 14.8. The van der Waals surface area contributed by atoms with Crippen LogP contribution < -0.4 is 5.19 Å². The van der Waals surface area contributed by atoms with Gasteiger partial charge in [0, 0.05) is 0 Å². The van der Waals surface area contributed by atoms with Crippen molar-refractivity contribution in [2.45, 2.75) is 39.0 Å². The smallest absolute Gasteiger partial charge is 0.103 e. The maximum Gasteiger partial charge on any atom is 0.103 e. The van der Waals surface area contributed by atoms with Crippen LogP contribution in [0.3, 0.4) is 0 Å². The second-order valence-corrected chi connectivity index (χ2v) is 11.3. The quantitative estimate of drug-likeness (QED) is 0.752. The Morgan fingerprint density at radius 1 is 0.957 bits per heavy atom. The van der Waals surface area contributed by atoms with E-state index in [4.69, 9.17) is 0 Å². The summed E-state index contributed by atoms with van der Waals surface area (Å²) >= 11 is 0. The van der Waals surface area contributed by atoms with Crippen LogP contribution in [0.2, 0.25) is 13.1 Å². The number of hydrogen-bond acceptors (Lipinski definition) is 1. The highest BCUT2D eigenvalue weighted by atomic mass is 28.3. The number of aryl methyl sites for hydroxylation is 1. The third kappa shape index (κ3) is 5.49. The Labute approximate surface area is 141 Å². The first-order valence-corrected chi connectivity index (χ1v) is 11.5. The molecule has 0 aromatic heterocycles. The topological polar surface area (TPSA) is 20.2 Å². The number of rotatable bonds is 7. The standard InChI is InChI=1S/C21H28OSi/c1-18(21(22)15-14-19-10-6-4-7-11-19)16-17-23(2,3)20-12-8-5-9-13-20/h4-13,16-18,21-22H,14-15H2,1-3H3/b17-16+/t18-,21-/m0/s1. The lowest BCUT2D eigenvalue weighted by atomic mass is 9.98. The molecule has 1 N–H and O–H groups in total. The lowest BCUT2D eigenvalue weighted by Crippen LogP contribution is -2.39. The first-order chi connectivity index (χ1) is 11.0. The number of aliphatic hydroxyl groups is 1. The van der Waals surface area contributed by atoms with Gasteiger partial charge in [0.15, 0.2) is 0 Å². The molecule has 0 bridgehead atoms. The molecule has 0 aliphatic carbocycles. The molecule has 0 saturated heterocycles. The summed E-state index contributed by atoms with van der Waals surface area (Å²) in [5.41, 5.74) is 3.65. The Balaban J connectivity index is 1.91. The highest BCUT2D eigenvalue weighted by Crippen LogP contribution is 2.15. The highest BCUT2D eigenvalue weighted by molar-refractivity contribution is 6.93. The van der Waals surface area contributed by atoms with Crippen molar-refractivity contribution in [3.05, 3.63) is 78.0 Å². The van der Waals surface area contributed by atoms with E-state index in [9.17, 15) is 5.11 Å². The van der Waals surface area contributed by atoms with Crippen LogP contribution in [0.25, 0.3) is 0 Å². The van der Waals surface area contributed by atoms with Crippen LogP contribution >= 0.6 is 0 Å². The maximum absolute atomic E-state index is 10.4. The van der Waals surface area contributed by atoms with Gasteiger partial charge in [-0.25, -0.2) is 0 Å². The molecule has 2 aromatic carbocycles. The molecule has 0 aliphatic rings. The lowest BCUT2D eigenvalue weighted by molar-refractivity contribution is 0.128. The molecule has 0 fully saturated rings. The van der Waals surface area contributed by atoms with Crippen LogP contribution in [0.15, 0.2) is 72.4 Å². The van der Waals surface area contributed by atoms with Crippen molar-refractivity contribution < 1.29 is 5.11 Å². The molecule has 122 valence electrons. The molecular weight excluding hydrogens is 296 g/mol. The van der Waals surface area contributed by atoms with E-state index in [1.54, 1.807) is 0 Å². The van der Waals surface area contributed by atoms with Gasteiger partial charge in [0.1, 0.15) is 8.07 Å². The zero-order chi connectivity index (χ0) is 16.7. The minimum Gasteiger partial charge on any atom is -0.393 e. The van der Waals surface area contributed by atoms with E-state index in [0.29, 0.717) is 0 Å². The fourth-order valence-electron chi connectivity index (χ4n) is 2.71. The second-order valence-electron chi connectivity index (χ2n) is 6.90. The van der Waals surface area contributed by atoms with Crippen LogP contribution in [-0.2, 0) is 6.42 Å². The largest absolute Gasteiger partial charge is 0.393 e. The molecule has 0 spiro atoms. The molecule has 0 aliphatic heterocycles. The molecule has 0 amide bonds. The van der Waals surface area contributed by atoms with Gasteiger partial charge >= 0.3 is 0 Å². The van der Waals surface area contributed by atoms with Crippen molar-refractivity contribution in [1.29, 1.82) is 0 Å². The Hall–Kier alpha value is -1.64. The number of aliphatic hydroxyl groups excluding tert-OH is 1. The van der Waals surface area contributed by atoms with Gasteiger partial charge in [-0.15, -0.1) is 0 Å². The third-order valence-electron chi connectivity index (χ3n) is 4.51. The monoisotopic (exact) mass is 324 g/mol. The summed E-state index contributed by atoms with van der Waals surface area (Å²) in [6.07, 6.45) is 3.67. The molecule has 1 nitrogen and oxygen atoms in total. The average molecular weight is 325 g/mol. The SMILES string of the molecule is C[C@@H](/C=C/[Si](C)(C)c1ccccc1)[C@@H](O)CCc1ccccc1. The molecule has 2 rings (SSSR count). The van der Waals surface area contributed by atoms with Gasteiger partial charge < -0.3 is 5.11 Å². The molecule has 2 heteroatoms. The summed E-state index contributed by atoms with van der Waals surface area (Å²) in [6.45, 7) is 6.81. The summed E-state index contributed by atoms with van der Waals surface area (Å²) in [6, 6.07) is 21.1. The van der Waals surface area contributed by atoms with Crippen molar-refractivity contribution >= 4 is 13.3 Å². The van der Waals surface area contributed by atoms with Crippen LogP contribution in [0.1, 0.15) is 18.9 Å². The number of benzene rings is 2. The van der Waals surface area contributed by atoms with E-state index in [1.165, 1.54) is 10.8 Å². The molecule has 0 heterocycles. The molecule has 0 unspecified atom stereocenters. The predicted molar refractivity (Wildman–Crippen MR) is 103 cm³/mol. The average Bonchev–Trinajstić information content (AvgIpc) is 2.59. The summed E-state index contributed by atoms with van der Waals surface area (Å²) < 4.78 is 0. The fourth-order valence-corrected chi connectivity index (χ4v) is 4.74. The summed E-state index contributed by atoms with van der Waals surface area (Å²) in [5, 5.41) is 11.8. The third-order valence-corrected chi connectivity index (χ3v) is 7.36. The van der Waals surface area contributed by atoms with Crippen molar-refractivity contribution in [1.82, 2.24) is 0 Å². The van der Waals surface area contributed by atoms with Crippen LogP contribution in [0.5, 0.6) is 0 Å². The van der Waals surface area contributed by atoms with Crippen molar-refractivity contribution in [3.8, 4) is 0 Å². The molecule has 2 aromatic rings. The van der Waals surface area contributed by atoms with Gasteiger partial charge in [-0.1, -0.05) is 97.6 Å². The van der Waals surface area contributed by atoms with Gasteiger partial charge in [-0.05, 0) is 24.3 Å². The summed E-state index contributed by atoms with van der Waals surface area (Å²) in [7, 11) is -1.57. The second kappa shape index (κ2) is 8.28. The van der Waals surface area contributed by atoms with Crippen LogP contribution in [0.4, 0.5) is 0 Å². The van der Waals surface area contributed by atoms with Gasteiger partial charge in [-0.3, -0.25) is 0 Å². The molecular formula is C21H28OSi. The minimum absolute atomic E-state index is 0.189. The Bertz CT molecular complexity index is 604. The minimum atomic E-state index is -1.57. The summed E-state index contributed by atoms with van der Waals surface area (Å²) in [4.78, 5) is 0. The van der Waals surface area contributed by atoms with Gasteiger partial charge in [0.25, 0.3) is 0 Å². The van der Waals surface area contributed by atoms with E-state index in [0.717, 1.165) is 12.8 Å².